The molecule has 3 aromatic rings. The van der Waals surface area contributed by atoms with Crippen LogP contribution in [0.2, 0.25) is 5.02 Å². The predicted octanol–water partition coefficient (Wildman–Crippen LogP) is 3.56. The third kappa shape index (κ3) is 5.12. The minimum absolute atomic E-state index is 0.0316. The number of hydrogen-bond donors (Lipinski definition) is 3. The number of aromatic amines is 1. The molecule has 1 atom stereocenters. The Bertz CT molecular complexity index is 1220. The number of aliphatic hydroxyl groups excluding tert-OH is 1. The fourth-order valence-electron chi connectivity index (χ4n) is 3.23. The monoisotopic (exact) mass is 477 g/mol. The van der Waals surface area contributed by atoms with Gasteiger partial charge in [0.1, 0.15) is 10.6 Å². The molecule has 0 spiro atoms. The molecule has 0 fully saturated rings. The number of carbonyl (C=O) groups is 1. The Hall–Kier alpha value is -2.88. The number of sulfone groups is 1. The number of aryl methyl sites for hydroxylation is 1. The van der Waals surface area contributed by atoms with Crippen LogP contribution in [0.4, 0.5) is 5.95 Å². The average Bonchev–Trinajstić information content (AvgIpc) is 3.13. The van der Waals surface area contributed by atoms with E-state index in [4.69, 9.17) is 21.4 Å². The third-order valence-corrected chi connectivity index (χ3v) is 6.98. The Balaban J connectivity index is 1.88. The molecule has 3 N–H and O–H groups in total. The molecular formula is C22H24ClN3O5S. The summed E-state index contributed by atoms with van der Waals surface area (Å²) in [6, 6.07) is 11.7. The minimum atomic E-state index is -3.75. The van der Waals surface area contributed by atoms with Gasteiger partial charge in [-0.1, -0.05) is 23.7 Å². The summed E-state index contributed by atoms with van der Waals surface area (Å²) in [5.74, 6) is -0.679. The predicted molar refractivity (Wildman–Crippen MR) is 123 cm³/mol. The quantitative estimate of drug-likeness (QED) is 0.456. The van der Waals surface area contributed by atoms with Gasteiger partial charge >= 0.3 is 0 Å². The fourth-order valence-corrected chi connectivity index (χ4v) is 4.58. The zero-order valence-electron chi connectivity index (χ0n) is 17.8. The smallest absolute Gasteiger partial charge is 0.233 e. The van der Waals surface area contributed by atoms with Crippen molar-refractivity contribution in [2.24, 2.45) is 0 Å². The highest BCUT2D eigenvalue weighted by Crippen LogP contribution is 2.32. The lowest BCUT2D eigenvalue weighted by Gasteiger charge is -2.11. The molecule has 8 nitrogen and oxygen atoms in total. The highest BCUT2D eigenvalue weighted by molar-refractivity contribution is 7.91. The SMILES string of the molecule is COc1ccc(-c2nc(NC(=O)[C@H](C)c3ccc(Cl)cc3)[nH]c2C)cc1S(=O)(=O)CCO. The molecule has 0 bridgehead atoms. The summed E-state index contributed by atoms with van der Waals surface area (Å²) < 4.78 is 30.2. The lowest BCUT2D eigenvalue weighted by molar-refractivity contribution is -0.117. The molecule has 2 aromatic carbocycles. The molecule has 3 rings (SSSR count). The van der Waals surface area contributed by atoms with Gasteiger partial charge < -0.3 is 14.8 Å². The Labute approximate surface area is 191 Å². The first-order valence-electron chi connectivity index (χ1n) is 9.81. The first kappa shape index (κ1) is 23.8. The van der Waals surface area contributed by atoms with E-state index in [0.29, 0.717) is 22.0 Å². The van der Waals surface area contributed by atoms with Crippen molar-refractivity contribution in [2.45, 2.75) is 24.7 Å². The largest absolute Gasteiger partial charge is 0.495 e. The molecule has 0 aliphatic carbocycles. The van der Waals surface area contributed by atoms with E-state index in [9.17, 15) is 13.2 Å². The number of hydrogen-bond acceptors (Lipinski definition) is 6. The number of H-pyrrole nitrogens is 1. The number of aliphatic hydroxyl groups is 1. The van der Waals surface area contributed by atoms with Gasteiger partial charge in [0.25, 0.3) is 0 Å². The second-order valence-electron chi connectivity index (χ2n) is 7.23. The van der Waals surface area contributed by atoms with Crippen LogP contribution in [0.3, 0.4) is 0 Å². The summed E-state index contributed by atoms with van der Waals surface area (Å²) >= 11 is 5.91. The number of halogens is 1. The molecule has 170 valence electrons. The van der Waals surface area contributed by atoms with Gasteiger partial charge in [0.2, 0.25) is 11.9 Å². The number of aromatic nitrogens is 2. The lowest BCUT2D eigenvalue weighted by atomic mass is 10.0. The van der Waals surface area contributed by atoms with Crippen molar-refractivity contribution in [1.29, 1.82) is 0 Å². The number of carbonyl (C=O) groups excluding carboxylic acids is 1. The molecule has 0 aliphatic rings. The molecule has 0 saturated carbocycles. The van der Waals surface area contributed by atoms with Gasteiger partial charge in [-0.25, -0.2) is 13.4 Å². The number of ether oxygens (including phenoxy) is 1. The molecular weight excluding hydrogens is 454 g/mol. The van der Waals surface area contributed by atoms with E-state index in [2.05, 4.69) is 15.3 Å². The Morgan fingerprint density at radius 2 is 1.94 bits per heavy atom. The number of nitrogens with one attached hydrogen (secondary N) is 2. The first-order chi connectivity index (χ1) is 15.2. The first-order valence-corrected chi connectivity index (χ1v) is 11.8. The minimum Gasteiger partial charge on any atom is -0.495 e. The van der Waals surface area contributed by atoms with Crippen LogP contribution >= 0.6 is 11.6 Å². The number of nitrogens with zero attached hydrogens (tertiary/aromatic N) is 1. The summed E-state index contributed by atoms with van der Waals surface area (Å²) in [6.45, 7) is 3.04. The maximum atomic E-state index is 12.7. The van der Waals surface area contributed by atoms with Crippen LogP contribution in [0, 0.1) is 6.92 Å². The van der Waals surface area contributed by atoms with E-state index in [1.165, 1.54) is 19.2 Å². The molecule has 32 heavy (non-hydrogen) atoms. The number of benzene rings is 2. The molecule has 1 aromatic heterocycles. The Morgan fingerprint density at radius 1 is 1.25 bits per heavy atom. The number of anilines is 1. The fraction of sp³-hybridized carbons (Fsp3) is 0.273. The van der Waals surface area contributed by atoms with Crippen molar-refractivity contribution in [3.8, 4) is 17.0 Å². The maximum Gasteiger partial charge on any atom is 0.233 e. The van der Waals surface area contributed by atoms with E-state index >= 15 is 0 Å². The average molecular weight is 478 g/mol. The van der Waals surface area contributed by atoms with Gasteiger partial charge in [-0.05, 0) is 49.7 Å². The Kier molecular flexibility index (Phi) is 7.22. The summed E-state index contributed by atoms with van der Waals surface area (Å²) in [4.78, 5) is 20.1. The maximum absolute atomic E-state index is 12.7. The van der Waals surface area contributed by atoms with Gasteiger partial charge in [-0.2, -0.15) is 0 Å². The highest BCUT2D eigenvalue weighted by Gasteiger charge is 2.22. The Morgan fingerprint density at radius 3 is 2.56 bits per heavy atom. The van der Waals surface area contributed by atoms with Crippen LogP contribution in [0.5, 0.6) is 5.75 Å². The molecule has 1 amide bonds. The number of amides is 1. The highest BCUT2D eigenvalue weighted by atomic mass is 35.5. The van der Waals surface area contributed by atoms with E-state index in [1.54, 1.807) is 44.2 Å². The molecule has 1 heterocycles. The zero-order valence-corrected chi connectivity index (χ0v) is 19.4. The van der Waals surface area contributed by atoms with Gasteiger partial charge in [0.15, 0.2) is 9.84 Å². The van der Waals surface area contributed by atoms with Crippen molar-refractivity contribution in [3.05, 3.63) is 58.7 Å². The van der Waals surface area contributed by atoms with E-state index in [-0.39, 0.29) is 22.5 Å². The van der Waals surface area contributed by atoms with Crippen LogP contribution in [0.25, 0.3) is 11.3 Å². The van der Waals surface area contributed by atoms with Gasteiger partial charge in [0, 0.05) is 16.3 Å². The molecule has 0 unspecified atom stereocenters. The second-order valence-corrected chi connectivity index (χ2v) is 9.74. The number of rotatable bonds is 8. The van der Waals surface area contributed by atoms with Crippen LogP contribution in [0.15, 0.2) is 47.4 Å². The summed E-state index contributed by atoms with van der Waals surface area (Å²) in [5.41, 5.74) is 2.48. The van der Waals surface area contributed by atoms with E-state index < -0.39 is 28.1 Å². The van der Waals surface area contributed by atoms with Crippen LogP contribution in [-0.4, -0.2) is 48.9 Å². The molecule has 10 heteroatoms. The van der Waals surface area contributed by atoms with E-state index in [0.717, 1.165) is 5.56 Å². The second kappa shape index (κ2) is 9.72. The van der Waals surface area contributed by atoms with Gasteiger partial charge in [0.05, 0.1) is 31.1 Å². The zero-order chi connectivity index (χ0) is 23.5. The van der Waals surface area contributed by atoms with Crippen molar-refractivity contribution in [1.82, 2.24) is 9.97 Å². The van der Waals surface area contributed by atoms with Crippen molar-refractivity contribution < 1.29 is 23.1 Å². The topological polar surface area (TPSA) is 121 Å². The van der Waals surface area contributed by atoms with E-state index in [1.807, 2.05) is 0 Å². The van der Waals surface area contributed by atoms with Crippen molar-refractivity contribution in [2.75, 3.05) is 24.8 Å². The van der Waals surface area contributed by atoms with Crippen LogP contribution < -0.4 is 10.1 Å². The number of imidazole rings is 1. The third-order valence-electron chi connectivity index (χ3n) is 5.02. The molecule has 0 saturated heterocycles. The summed E-state index contributed by atoms with van der Waals surface area (Å²) in [7, 11) is -2.37. The van der Waals surface area contributed by atoms with Crippen molar-refractivity contribution >= 4 is 33.3 Å². The molecule has 0 aliphatic heterocycles. The van der Waals surface area contributed by atoms with Gasteiger partial charge in [-0.3, -0.25) is 10.1 Å². The number of methoxy groups -OCH3 is 1. The summed E-state index contributed by atoms with van der Waals surface area (Å²) in [5, 5.41) is 12.5. The standard InChI is InChI=1S/C22H24ClN3O5S/c1-13(15-4-7-17(23)8-5-15)21(28)26-22-24-14(2)20(25-22)16-6-9-18(31-3)19(12-16)32(29,30)11-10-27/h4-9,12-13,27H,10-11H2,1-3H3,(H2,24,25,26,28)/t13-/m1/s1. The normalized spacial score (nSPS) is 12.4. The van der Waals surface area contributed by atoms with Crippen molar-refractivity contribution in [3.63, 3.8) is 0 Å². The van der Waals surface area contributed by atoms with Crippen LogP contribution in [0.1, 0.15) is 24.1 Å². The lowest BCUT2D eigenvalue weighted by Crippen LogP contribution is -2.19. The van der Waals surface area contributed by atoms with Crippen LogP contribution in [-0.2, 0) is 14.6 Å². The summed E-state index contributed by atoms with van der Waals surface area (Å²) in [6.07, 6.45) is 0. The molecule has 0 radical (unpaired) electrons. The van der Waals surface area contributed by atoms with Gasteiger partial charge in [-0.15, -0.1) is 0 Å².